The minimum Gasteiger partial charge on any atom is -0.493 e. The van der Waals surface area contributed by atoms with E-state index in [4.69, 9.17) is 32.7 Å². The molecule has 0 spiro atoms. The molecule has 2 N–H and O–H groups in total. The molecule has 0 aliphatic rings. The molecular formula is C28H24Cl2N4O3. The molecule has 3 aromatic carbocycles. The van der Waals surface area contributed by atoms with Crippen molar-refractivity contribution in [2.75, 3.05) is 12.4 Å². The van der Waals surface area contributed by atoms with Gasteiger partial charge in [0.25, 0.3) is 5.91 Å². The highest BCUT2D eigenvalue weighted by Gasteiger charge is 2.19. The van der Waals surface area contributed by atoms with Gasteiger partial charge in [-0.05, 0) is 86.0 Å². The quantitative estimate of drug-likeness (QED) is 0.249. The van der Waals surface area contributed by atoms with Crippen LogP contribution >= 0.6 is 23.2 Å². The second-order valence-electron chi connectivity index (χ2n) is 8.49. The van der Waals surface area contributed by atoms with Crippen LogP contribution in [0, 0.1) is 25.2 Å². The fourth-order valence-corrected chi connectivity index (χ4v) is 4.00. The molecular weight excluding hydrogens is 511 g/mol. The number of H-pyrrole nitrogens is 1. The maximum atomic E-state index is 12.7. The number of nitrogens with one attached hydrogen (secondary N) is 2. The number of amides is 1. The predicted octanol–water partition coefficient (Wildman–Crippen LogP) is 6.97. The van der Waals surface area contributed by atoms with Gasteiger partial charge < -0.3 is 19.8 Å². The summed E-state index contributed by atoms with van der Waals surface area (Å²) in [4.78, 5) is 20.5. The monoisotopic (exact) mass is 534 g/mol. The Morgan fingerprint density at radius 3 is 2.59 bits per heavy atom. The predicted molar refractivity (Wildman–Crippen MR) is 147 cm³/mol. The number of nitriles is 1. The zero-order valence-electron chi connectivity index (χ0n) is 20.6. The molecule has 4 rings (SSSR count). The molecule has 1 heterocycles. The third-order valence-corrected chi connectivity index (χ3v) is 6.40. The number of hydrogen-bond donors (Lipinski definition) is 2. The minimum atomic E-state index is -0.859. The van der Waals surface area contributed by atoms with Crippen LogP contribution in [0.1, 0.15) is 29.4 Å². The highest BCUT2D eigenvalue weighted by molar-refractivity contribution is 6.35. The Bertz CT molecular complexity index is 1530. The van der Waals surface area contributed by atoms with Crippen LogP contribution in [0.2, 0.25) is 10.0 Å². The molecule has 0 saturated heterocycles. The first kappa shape index (κ1) is 26.1. The number of allylic oxidation sites excluding steroid dienone is 1. The smallest absolute Gasteiger partial charge is 0.265 e. The van der Waals surface area contributed by atoms with Crippen molar-refractivity contribution in [3.8, 4) is 17.6 Å². The highest BCUT2D eigenvalue weighted by Crippen LogP contribution is 2.31. The van der Waals surface area contributed by atoms with Gasteiger partial charge >= 0.3 is 0 Å². The van der Waals surface area contributed by atoms with Crippen LogP contribution in [-0.2, 0) is 4.79 Å². The first-order valence-corrected chi connectivity index (χ1v) is 12.1. The summed E-state index contributed by atoms with van der Waals surface area (Å²) in [5.41, 5.74) is 5.40. The number of nitrogens with zero attached hydrogens (tertiary/aromatic N) is 2. The van der Waals surface area contributed by atoms with Crippen molar-refractivity contribution in [1.82, 2.24) is 9.97 Å². The Morgan fingerprint density at radius 2 is 1.86 bits per heavy atom. The maximum Gasteiger partial charge on any atom is 0.265 e. The number of ether oxygens (including phenoxy) is 2. The van der Waals surface area contributed by atoms with E-state index >= 15 is 0 Å². The van der Waals surface area contributed by atoms with E-state index in [9.17, 15) is 10.1 Å². The number of halogens is 2. The van der Waals surface area contributed by atoms with Crippen molar-refractivity contribution >= 4 is 57.5 Å². The normalized spacial score (nSPS) is 12.2. The molecule has 1 amide bonds. The first-order valence-electron chi connectivity index (χ1n) is 11.4. The van der Waals surface area contributed by atoms with E-state index in [1.54, 1.807) is 49.4 Å². The molecule has 0 aliphatic heterocycles. The first-order chi connectivity index (χ1) is 17.7. The van der Waals surface area contributed by atoms with Crippen LogP contribution < -0.4 is 14.8 Å². The van der Waals surface area contributed by atoms with Crippen LogP contribution in [-0.4, -0.2) is 29.1 Å². The van der Waals surface area contributed by atoms with E-state index in [2.05, 4.69) is 21.4 Å². The molecule has 9 heteroatoms. The zero-order valence-corrected chi connectivity index (χ0v) is 22.2. The second-order valence-corrected chi connectivity index (χ2v) is 9.34. The number of anilines is 1. The molecule has 1 atom stereocenters. The Balaban J connectivity index is 1.54. The summed E-state index contributed by atoms with van der Waals surface area (Å²) in [7, 11) is 1.50. The van der Waals surface area contributed by atoms with Gasteiger partial charge in [0.15, 0.2) is 17.6 Å². The molecule has 0 radical (unpaired) electrons. The van der Waals surface area contributed by atoms with Gasteiger partial charge in [-0.1, -0.05) is 29.3 Å². The number of fused-ring (bicyclic) bond motifs is 1. The number of carbonyl (C=O) groups is 1. The largest absolute Gasteiger partial charge is 0.493 e. The average molecular weight is 535 g/mol. The summed E-state index contributed by atoms with van der Waals surface area (Å²) < 4.78 is 11.3. The van der Waals surface area contributed by atoms with Crippen molar-refractivity contribution < 1.29 is 14.3 Å². The van der Waals surface area contributed by atoms with Crippen LogP contribution in [0.3, 0.4) is 0 Å². The zero-order chi connectivity index (χ0) is 26.7. The minimum absolute atomic E-state index is 0.363. The maximum absolute atomic E-state index is 12.7. The second kappa shape index (κ2) is 11.0. The molecule has 4 aromatic rings. The van der Waals surface area contributed by atoms with Crippen molar-refractivity contribution in [2.24, 2.45) is 0 Å². The molecule has 37 heavy (non-hydrogen) atoms. The van der Waals surface area contributed by atoms with Crippen LogP contribution in [0.4, 0.5) is 5.69 Å². The molecule has 0 fully saturated rings. The molecule has 7 nitrogen and oxygen atoms in total. The molecule has 0 saturated carbocycles. The number of aromatic amines is 1. The van der Waals surface area contributed by atoms with Crippen LogP contribution in [0.5, 0.6) is 11.5 Å². The van der Waals surface area contributed by atoms with Crippen LogP contribution in [0.15, 0.2) is 48.5 Å². The van der Waals surface area contributed by atoms with E-state index in [0.29, 0.717) is 44.2 Å². The number of aryl methyl sites for hydroxylation is 2. The topological polar surface area (TPSA) is 100 Å². The Hall–Kier alpha value is -3.99. The lowest BCUT2D eigenvalue weighted by molar-refractivity contribution is -0.122. The van der Waals surface area contributed by atoms with E-state index < -0.39 is 12.0 Å². The van der Waals surface area contributed by atoms with Gasteiger partial charge in [0.2, 0.25) is 0 Å². The molecule has 1 aromatic heterocycles. The standard InChI is InChI=1S/C28H24Cl2N4O3/c1-15-9-23-24(10-16(15)2)33-27(32-23)19(14-31)11-18-5-8-25(26(12-18)36-4)37-17(3)28(35)34-22-13-20(29)6-7-21(22)30/h5-13,17H,1-4H3,(H,32,33)(H,34,35)/b19-11+. The van der Waals surface area contributed by atoms with E-state index in [1.165, 1.54) is 7.11 Å². The van der Waals surface area contributed by atoms with Crippen molar-refractivity contribution in [1.29, 1.82) is 5.26 Å². The molecule has 0 bridgehead atoms. The average Bonchev–Trinajstić information content (AvgIpc) is 3.27. The van der Waals surface area contributed by atoms with Gasteiger partial charge in [0, 0.05) is 5.02 Å². The number of rotatable bonds is 7. The lowest BCUT2D eigenvalue weighted by atomic mass is 10.1. The molecule has 0 aliphatic carbocycles. The summed E-state index contributed by atoms with van der Waals surface area (Å²) in [6.45, 7) is 5.67. The Morgan fingerprint density at radius 1 is 1.11 bits per heavy atom. The number of carbonyl (C=O) groups excluding carboxylic acids is 1. The lowest BCUT2D eigenvalue weighted by Gasteiger charge is -2.17. The summed E-state index contributed by atoms with van der Waals surface area (Å²) in [6, 6.07) is 16.2. The highest BCUT2D eigenvalue weighted by atomic mass is 35.5. The summed E-state index contributed by atoms with van der Waals surface area (Å²) in [6.07, 6.45) is 0.851. The lowest BCUT2D eigenvalue weighted by Crippen LogP contribution is -2.30. The summed E-state index contributed by atoms with van der Waals surface area (Å²) in [5.74, 6) is 0.846. The van der Waals surface area contributed by atoms with Gasteiger partial charge in [-0.3, -0.25) is 4.79 Å². The number of imidazole rings is 1. The fraction of sp³-hybridized carbons (Fsp3) is 0.179. The van der Waals surface area contributed by atoms with Crippen molar-refractivity contribution in [3.63, 3.8) is 0 Å². The van der Waals surface area contributed by atoms with Crippen molar-refractivity contribution in [3.05, 3.63) is 81.1 Å². The number of aromatic nitrogens is 2. The summed E-state index contributed by atoms with van der Waals surface area (Å²) >= 11 is 12.1. The fourth-order valence-electron chi connectivity index (χ4n) is 3.66. The van der Waals surface area contributed by atoms with Crippen molar-refractivity contribution in [2.45, 2.75) is 26.9 Å². The van der Waals surface area contributed by atoms with Gasteiger partial charge in [-0.2, -0.15) is 5.26 Å². The number of methoxy groups -OCH3 is 1. The van der Waals surface area contributed by atoms with Gasteiger partial charge in [-0.15, -0.1) is 0 Å². The SMILES string of the molecule is COc1cc(/C=C(\C#N)c2nc3cc(C)c(C)cc3[nH]2)ccc1OC(C)C(=O)Nc1cc(Cl)ccc1Cl. The third-order valence-electron chi connectivity index (χ3n) is 5.83. The third kappa shape index (κ3) is 5.88. The Kier molecular flexibility index (Phi) is 7.72. The summed E-state index contributed by atoms with van der Waals surface area (Å²) in [5, 5.41) is 13.3. The van der Waals surface area contributed by atoms with E-state index in [1.807, 2.05) is 26.0 Å². The van der Waals surface area contributed by atoms with E-state index in [0.717, 1.165) is 22.2 Å². The van der Waals surface area contributed by atoms with Gasteiger partial charge in [-0.25, -0.2) is 4.98 Å². The molecule has 188 valence electrons. The Labute approximate surface area is 224 Å². The molecule has 1 unspecified atom stereocenters. The van der Waals surface area contributed by atoms with Gasteiger partial charge in [0.05, 0.1) is 34.4 Å². The number of benzene rings is 3. The number of hydrogen-bond acceptors (Lipinski definition) is 5. The van der Waals surface area contributed by atoms with E-state index in [-0.39, 0.29) is 0 Å². The van der Waals surface area contributed by atoms with Gasteiger partial charge in [0.1, 0.15) is 11.9 Å². The van der Waals surface area contributed by atoms with Crippen LogP contribution in [0.25, 0.3) is 22.7 Å².